The van der Waals surface area contributed by atoms with Crippen LogP contribution in [-0.4, -0.2) is 39.3 Å². The topological polar surface area (TPSA) is 45.6 Å². The SMILES string of the molecule is CCOCCCNC(=NC)NCCC1CC2CCC1C2. The zero-order valence-corrected chi connectivity index (χ0v) is 13.2. The van der Waals surface area contributed by atoms with Crippen LogP contribution in [-0.2, 0) is 4.74 Å². The molecule has 0 amide bonds. The van der Waals surface area contributed by atoms with E-state index in [0.717, 1.165) is 56.4 Å². The van der Waals surface area contributed by atoms with Crippen LogP contribution >= 0.6 is 0 Å². The molecule has 116 valence electrons. The van der Waals surface area contributed by atoms with E-state index in [9.17, 15) is 0 Å². The van der Waals surface area contributed by atoms with Gasteiger partial charge in [0.1, 0.15) is 0 Å². The molecule has 0 heterocycles. The molecule has 2 N–H and O–H groups in total. The predicted octanol–water partition coefficient (Wildman–Crippen LogP) is 2.40. The number of nitrogens with one attached hydrogen (secondary N) is 2. The fraction of sp³-hybridized carbons (Fsp3) is 0.938. The fourth-order valence-corrected chi connectivity index (χ4v) is 3.85. The number of aliphatic imine (C=N–C) groups is 1. The molecule has 2 aliphatic carbocycles. The molecule has 3 unspecified atom stereocenters. The van der Waals surface area contributed by atoms with Gasteiger partial charge in [-0.1, -0.05) is 6.42 Å². The molecule has 4 nitrogen and oxygen atoms in total. The van der Waals surface area contributed by atoms with Crippen LogP contribution in [0, 0.1) is 17.8 Å². The molecule has 3 atom stereocenters. The highest BCUT2D eigenvalue weighted by Gasteiger charge is 2.38. The lowest BCUT2D eigenvalue weighted by Crippen LogP contribution is -2.39. The molecule has 0 spiro atoms. The summed E-state index contributed by atoms with van der Waals surface area (Å²) in [5, 5.41) is 6.79. The van der Waals surface area contributed by atoms with Crippen LogP contribution in [0.5, 0.6) is 0 Å². The Balaban J connectivity index is 1.53. The lowest BCUT2D eigenvalue weighted by molar-refractivity contribution is 0.145. The number of guanidine groups is 1. The van der Waals surface area contributed by atoms with E-state index >= 15 is 0 Å². The van der Waals surface area contributed by atoms with Crippen molar-refractivity contribution < 1.29 is 4.74 Å². The van der Waals surface area contributed by atoms with Crippen molar-refractivity contribution in [1.82, 2.24) is 10.6 Å². The maximum atomic E-state index is 5.33. The molecule has 2 bridgehead atoms. The summed E-state index contributed by atoms with van der Waals surface area (Å²) in [6.07, 6.45) is 8.31. The van der Waals surface area contributed by atoms with Crippen LogP contribution in [0.4, 0.5) is 0 Å². The summed E-state index contributed by atoms with van der Waals surface area (Å²) in [5.74, 6) is 3.99. The van der Waals surface area contributed by atoms with E-state index in [-0.39, 0.29) is 0 Å². The quantitative estimate of drug-likeness (QED) is 0.408. The third kappa shape index (κ3) is 4.65. The number of hydrogen-bond donors (Lipinski definition) is 2. The van der Waals surface area contributed by atoms with Crippen molar-refractivity contribution in [3.63, 3.8) is 0 Å². The first-order chi connectivity index (χ1) is 9.83. The van der Waals surface area contributed by atoms with Gasteiger partial charge in [-0.2, -0.15) is 0 Å². The zero-order chi connectivity index (χ0) is 14.2. The van der Waals surface area contributed by atoms with Gasteiger partial charge in [-0.05, 0) is 56.8 Å². The average Bonchev–Trinajstić information content (AvgIpc) is 3.07. The van der Waals surface area contributed by atoms with E-state index in [1.165, 1.54) is 32.1 Å². The Morgan fingerprint density at radius 2 is 2.05 bits per heavy atom. The average molecular weight is 281 g/mol. The molecule has 0 aliphatic heterocycles. The molecule has 2 aliphatic rings. The molecule has 2 saturated carbocycles. The van der Waals surface area contributed by atoms with E-state index in [0.29, 0.717) is 0 Å². The molecule has 2 rings (SSSR count). The lowest BCUT2D eigenvalue weighted by Gasteiger charge is -2.22. The Kier molecular flexibility index (Phi) is 6.64. The first-order valence-corrected chi connectivity index (χ1v) is 8.35. The summed E-state index contributed by atoms with van der Waals surface area (Å²) < 4.78 is 5.33. The smallest absolute Gasteiger partial charge is 0.190 e. The van der Waals surface area contributed by atoms with Gasteiger partial charge >= 0.3 is 0 Å². The maximum absolute atomic E-state index is 5.33. The molecular weight excluding hydrogens is 250 g/mol. The Bertz CT molecular complexity index is 306. The second kappa shape index (κ2) is 8.50. The molecule has 0 aromatic heterocycles. The number of nitrogens with zero attached hydrogens (tertiary/aromatic N) is 1. The van der Waals surface area contributed by atoms with Gasteiger partial charge in [0.05, 0.1) is 0 Å². The van der Waals surface area contributed by atoms with Gasteiger partial charge in [-0.25, -0.2) is 0 Å². The summed E-state index contributed by atoms with van der Waals surface area (Å²) in [4.78, 5) is 4.27. The van der Waals surface area contributed by atoms with Gasteiger partial charge in [-0.15, -0.1) is 0 Å². The molecular formula is C16H31N3O. The second-order valence-electron chi connectivity index (χ2n) is 6.20. The minimum absolute atomic E-state index is 0.802. The first kappa shape index (κ1) is 15.6. The summed E-state index contributed by atoms with van der Waals surface area (Å²) in [5.41, 5.74) is 0. The normalized spacial score (nSPS) is 28.9. The second-order valence-corrected chi connectivity index (χ2v) is 6.20. The van der Waals surface area contributed by atoms with E-state index < -0.39 is 0 Å². The van der Waals surface area contributed by atoms with Crippen molar-refractivity contribution in [3.05, 3.63) is 0 Å². The van der Waals surface area contributed by atoms with E-state index in [1.807, 2.05) is 14.0 Å². The van der Waals surface area contributed by atoms with Crippen LogP contribution in [0.15, 0.2) is 4.99 Å². The van der Waals surface area contributed by atoms with Crippen molar-refractivity contribution in [3.8, 4) is 0 Å². The van der Waals surface area contributed by atoms with Crippen molar-refractivity contribution in [2.75, 3.05) is 33.4 Å². The van der Waals surface area contributed by atoms with Crippen LogP contribution < -0.4 is 10.6 Å². The number of fused-ring (bicyclic) bond motifs is 2. The van der Waals surface area contributed by atoms with E-state index in [1.54, 1.807) is 0 Å². The molecule has 0 radical (unpaired) electrons. The monoisotopic (exact) mass is 281 g/mol. The summed E-state index contributed by atoms with van der Waals surface area (Å²) in [6.45, 7) is 5.64. The predicted molar refractivity (Wildman–Crippen MR) is 84.0 cm³/mol. The van der Waals surface area contributed by atoms with Crippen molar-refractivity contribution in [1.29, 1.82) is 0 Å². The first-order valence-electron chi connectivity index (χ1n) is 8.35. The Morgan fingerprint density at radius 1 is 1.20 bits per heavy atom. The fourth-order valence-electron chi connectivity index (χ4n) is 3.85. The van der Waals surface area contributed by atoms with Crippen molar-refractivity contribution in [2.24, 2.45) is 22.7 Å². The summed E-state index contributed by atoms with van der Waals surface area (Å²) >= 11 is 0. The third-order valence-corrected chi connectivity index (χ3v) is 4.88. The van der Waals surface area contributed by atoms with Gasteiger partial charge in [0.15, 0.2) is 5.96 Å². The minimum Gasteiger partial charge on any atom is -0.382 e. The van der Waals surface area contributed by atoms with Crippen LogP contribution in [0.2, 0.25) is 0 Å². The van der Waals surface area contributed by atoms with Crippen LogP contribution in [0.25, 0.3) is 0 Å². The lowest BCUT2D eigenvalue weighted by atomic mass is 9.86. The Labute approximate surface area is 123 Å². The summed E-state index contributed by atoms with van der Waals surface area (Å²) in [6, 6.07) is 0. The van der Waals surface area contributed by atoms with Crippen molar-refractivity contribution in [2.45, 2.75) is 45.4 Å². The van der Waals surface area contributed by atoms with Gasteiger partial charge in [-0.3, -0.25) is 4.99 Å². The largest absolute Gasteiger partial charge is 0.382 e. The number of hydrogen-bond acceptors (Lipinski definition) is 2. The molecule has 0 saturated heterocycles. The molecule has 0 aromatic carbocycles. The summed E-state index contributed by atoms with van der Waals surface area (Å²) in [7, 11) is 1.84. The Morgan fingerprint density at radius 3 is 2.70 bits per heavy atom. The molecule has 0 aromatic rings. The maximum Gasteiger partial charge on any atom is 0.190 e. The highest BCUT2D eigenvalue weighted by Crippen LogP contribution is 2.49. The molecule has 2 fully saturated rings. The van der Waals surface area contributed by atoms with Crippen LogP contribution in [0.3, 0.4) is 0 Å². The van der Waals surface area contributed by atoms with Crippen LogP contribution in [0.1, 0.15) is 45.4 Å². The van der Waals surface area contributed by atoms with E-state index in [4.69, 9.17) is 4.74 Å². The zero-order valence-electron chi connectivity index (χ0n) is 13.2. The minimum atomic E-state index is 0.802. The highest BCUT2D eigenvalue weighted by atomic mass is 16.5. The number of ether oxygens (including phenoxy) is 1. The van der Waals surface area contributed by atoms with Gasteiger partial charge in [0.2, 0.25) is 0 Å². The molecule has 20 heavy (non-hydrogen) atoms. The standard InChI is InChI=1S/C16H31N3O/c1-3-20-10-4-8-18-16(17-2)19-9-7-15-12-13-5-6-14(15)11-13/h13-15H,3-12H2,1-2H3,(H2,17,18,19). The van der Waals surface area contributed by atoms with Crippen molar-refractivity contribution >= 4 is 5.96 Å². The van der Waals surface area contributed by atoms with Gasteiger partial charge < -0.3 is 15.4 Å². The third-order valence-electron chi connectivity index (χ3n) is 4.88. The van der Waals surface area contributed by atoms with E-state index in [2.05, 4.69) is 15.6 Å². The number of rotatable bonds is 8. The van der Waals surface area contributed by atoms with Gasteiger partial charge in [0, 0.05) is 33.4 Å². The molecule has 4 heteroatoms. The Hall–Kier alpha value is -0.770. The highest BCUT2D eigenvalue weighted by molar-refractivity contribution is 5.79. The van der Waals surface area contributed by atoms with Gasteiger partial charge in [0.25, 0.3) is 0 Å².